The standard InChI is InChI=1S/C31H31F4N3O4/c1-18-16-38(17-19(2)41-18)24-10-21(9-23(14-24)31(33,34)35)12-25(39)11-20-3-6-28(27(32)13-20)42-26-7-8-36-29(15-26)37-30(40)22-4-5-22/h3,6-10,13-15,18-19,22H,4-5,11-12,16-17H2,1-2H3,(H,36,37,40). The highest BCUT2D eigenvalue weighted by Crippen LogP contribution is 2.35. The topological polar surface area (TPSA) is 80.8 Å². The van der Waals surface area contributed by atoms with Gasteiger partial charge in [0.1, 0.15) is 17.4 Å². The molecule has 0 radical (unpaired) electrons. The molecule has 11 heteroatoms. The van der Waals surface area contributed by atoms with Crippen LogP contribution in [0.25, 0.3) is 0 Å². The van der Waals surface area contributed by atoms with Gasteiger partial charge >= 0.3 is 6.18 Å². The van der Waals surface area contributed by atoms with Crippen molar-refractivity contribution in [1.29, 1.82) is 0 Å². The van der Waals surface area contributed by atoms with Crippen LogP contribution in [0.5, 0.6) is 11.5 Å². The van der Waals surface area contributed by atoms with Gasteiger partial charge in [-0.05, 0) is 74.2 Å². The zero-order chi connectivity index (χ0) is 30.0. The summed E-state index contributed by atoms with van der Waals surface area (Å²) in [6.07, 6.45) is -2.16. The van der Waals surface area contributed by atoms with Gasteiger partial charge in [-0.2, -0.15) is 13.2 Å². The second-order valence-electron chi connectivity index (χ2n) is 10.9. The van der Waals surface area contributed by atoms with Crippen LogP contribution in [0.4, 0.5) is 29.1 Å². The number of ether oxygens (including phenoxy) is 2. The molecule has 2 heterocycles. The van der Waals surface area contributed by atoms with Crippen molar-refractivity contribution in [2.24, 2.45) is 5.92 Å². The quantitative estimate of drug-likeness (QED) is 0.295. The molecule has 0 spiro atoms. The summed E-state index contributed by atoms with van der Waals surface area (Å²) < 4.78 is 67.3. The average molecular weight is 586 g/mol. The van der Waals surface area contributed by atoms with Crippen molar-refractivity contribution in [1.82, 2.24) is 4.98 Å². The summed E-state index contributed by atoms with van der Waals surface area (Å²) in [5, 5.41) is 2.70. The van der Waals surface area contributed by atoms with E-state index < -0.39 is 17.6 Å². The Morgan fingerprint density at radius 2 is 1.71 bits per heavy atom. The highest BCUT2D eigenvalue weighted by atomic mass is 19.4. The molecule has 1 aliphatic carbocycles. The highest BCUT2D eigenvalue weighted by molar-refractivity contribution is 5.93. The lowest BCUT2D eigenvalue weighted by Crippen LogP contribution is -2.45. The number of alkyl halides is 3. The van der Waals surface area contributed by atoms with Gasteiger partial charge in [0.2, 0.25) is 5.91 Å². The lowest BCUT2D eigenvalue weighted by Gasteiger charge is -2.37. The molecule has 3 aromatic rings. The number of carbonyl (C=O) groups is 2. The van der Waals surface area contributed by atoms with Gasteiger partial charge in [0.25, 0.3) is 0 Å². The van der Waals surface area contributed by atoms with Crippen molar-refractivity contribution >= 4 is 23.2 Å². The number of anilines is 2. The predicted molar refractivity (Wildman–Crippen MR) is 148 cm³/mol. The molecule has 1 saturated heterocycles. The molecule has 2 unspecified atom stereocenters. The molecular weight excluding hydrogens is 554 g/mol. The molecule has 222 valence electrons. The fourth-order valence-corrected chi connectivity index (χ4v) is 5.01. The predicted octanol–water partition coefficient (Wildman–Crippen LogP) is 6.35. The van der Waals surface area contributed by atoms with Gasteiger partial charge < -0.3 is 19.7 Å². The van der Waals surface area contributed by atoms with E-state index in [1.165, 1.54) is 30.5 Å². The fraction of sp³-hybridized carbons (Fsp3) is 0.387. The largest absolute Gasteiger partial charge is 0.454 e. The van der Waals surface area contributed by atoms with Gasteiger partial charge in [-0.15, -0.1) is 0 Å². The molecular formula is C31H31F4N3O4. The minimum absolute atomic E-state index is 0.00268. The van der Waals surface area contributed by atoms with E-state index in [1.807, 2.05) is 18.7 Å². The first-order chi connectivity index (χ1) is 19.9. The third kappa shape index (κ3) is 7.64. The Morgan fingerprint density at radius 1 is 1.00 bits per heavy atom. The number of nitrogens with zero attached hydrogens (tertiary/aromatic N) is 2. The van der Waals surface area contributed by atoms with E-state index in [9.17, 15) is 27.2 Å². The van der Waals surface area contributed by atoms with Gasteiger partial charge in [0.05, 0.1) is 17.8 Å². The third-order valence-electron chi connectivity index (χ3n) is 7.05. The number of nitrogens with one attached hydrogen (secondary N) is 1. The second-order valence-corrected chi connectivity index (χ2v) is 10.9. The van der Waals surface area contributed by atoms with E-state index in [4.69, 9.17) is 9.47 Å². The Balaban J connectivity index is 1.25. The van der Waals surface area contributed by atoms with Crippen molar-refractivity contribution in [2.45, 2.75) is 57.9 Å². The van der Waals surface area contributed by atoms with Crippen LogP contribution in [-0.2, 0) is 33.3 Å². The number of hydrogen-bond donors (Lipinski definition) is 1. The zero-order valence-corrected chi connectivity index (χ0v) is 23.2. The van der Waals surface area contributed by atoms with E-state index in [0.717, 1.165) is 31.0 Å². The number of amides is 1. The summed E-state index contributed by atoms with van der Waals surface area (Å²) in [6.45, 7) is 4.59. The molecule has 1 N–H and O–H groups in total. The number of hydrogen-bond acceptors (Lipinski definition) is 6. The normalized spacial score (nSPS) is 19.0. The number of benzene rings is 2. The number of ketones is 1. The zero-order valence-electron chi connectivity index (χ0n) is 23.2. The monoisotopic (exact) mass is 585 g/mol. The maximum atomic E-state index is 14.9. The second kappa shape index (κ2) is 12.1. The summed E-state index contributed by atoms with van der Waals surface area (Å²) in [6, 6.07) is 10.8. The maximum absolute atomic E-state index is 14.9. The van der Waals surface area contributed by atoms with Crippen molar-refractivity contribution in [2.75, 3.05) is 23.3 Å². The van der Waals surface area contributed by atoms with E-state index in [0.29, 0.717) is 30.2 Å². The molecule has 7 nitrogen and oxygen atoms in total. The Bertz CT molecular complexity index is 1460. The number of morpholine rings is 1. The fourth-order valence-electron chi connectivity index (χ4n) is 5.01. The Labute approximate surface area is 240 Å². The first-order valence-corrected chi connectivity index (χ1v) is 13.8. The Hall–Kier alpha value is -3.99. The van der Waals surface area contributed by atoms with E-state index in [-0.39, 0.29) is 59.7 Å². The van der Waals surface area contributed by atoms with Crippen molar-refractivity contribution in [3.8, 4) is 11.5 Å². The smallest absolute Gasteiger partial charge is 0.416 e. The van der Waals surface area contributed by atoms with Crippen LogP contribution >= 0.6 is 0 Å². The first-order valence-electron chi connectivity index (χ1n) is 13.8. The van der Waals surface area contributed by atoms with Crippen LogP contribution in [-0.4, -0.2) is 42.0 Å². The Morgan fingerprint density at radius 3 is 2.38 bits per heavy atom. The van der Waals surface area contributed by atoms with E-state index >= 15 is 0 Å². The number of aromatic nitrogens is 1. The molecule has 2 aliphatic rings. The first kappa shape index (κ1) is 29.5. The van der Waals surface area contributed by atoms with Crippen molar-refractivity contribution in [3.05, 3.63) is 77.2 Å². The molecule has 2 aromatic carbocycles. The van der Waals surface area contributed by atoms with Gasteiger partial charge in [-0.25, -0.2) is 9.37 Å². The molecule has 1 aliphatic heterocycles. The van der Waals surface area contributed by atoms with E-state index in [2.05, 4.69) is 10.3 Å². The third-order valence-corrected chi connectivity index (χ3v) is 7.05. The number of Topliss-reactive ketones (excluding diaryl/α,β-unsaturated/α-hetero) is 1. The van der Waals surface area contributed by atoms with Crippen LogP contribution in [0.3, 0.4) is 0 Å². The SMILES string of the molecule is CC1CN(c2cc(CC(=O)Cc3ccc(Oc4ccnc(NC(=O)C5CC5)c4)c(F)c3)cc(C(F)(F)F)c2)CC(C)O1. The molecule has 5 rings (SSSR count). The number of rotatable bonds is 9. The highest BCUT2D eigenvalue weighted by Gasteiger charge is 2.33. The molecule has 1 saturated carbocycles. The summed E-state index contributed by atoms with van der Waals surface area (Å²) in [4.78, 5) is 30.8. The Kier molecular flexibility index (Phi) is 8.49. The van der Waals surface area contributed by atoms with Crippen LogP contribution in [0.15, 0.2) is 54.7 Å². The lowest BCUT2D eigenvalue weighted by molar-refractivity contribution is -0.137. The molecule has 1 amide bonds. The number of carbonyl (C=O) groups excluding carboxylic acids is 2. The van der Waals surface area contributed by atoms with Crippen LogP contribution < -0.4 is 15.0 Å². The minimum atomic E-state index is -4.57. The summed E-state index contributed by atoms with van der Waals surface area (Å²) in [7, 11) is 0. The average Bonchev–Trinajstić information content (AvgIpc) is 3.75. The number of halogens is 4. The molecule has 1 aromatic heterocycles. The molecule has 2 fully saturated rings. The number of pyridine rings is 1. The van der Waals surface area contributed by atoms with Gasteiger partial charge in [-0.1, -0.05) is 6.07 Å². The van der Waals surface area contributed by atoms with Gasteiger partial charge in [-0.3, -0.25) is 9.59 Å². The summed E-state index contributed by atoms with van der Waals surface area (Å²) >= 11 is 0. The van der Waals surface area contributed by atoms with Crippen LogP contribution in [0, 0.1) is 11.7 Å². The summed E-state index contributed by atoms with van der Waals surface area (Å²) in [5.74, 6) is -0.720. The van der Waals surface area contributed by atoms with Crippen LogP contribution in [0.1, 0.15) is 43.4 Å². The maximum Gasteiger partial charge on any atom is 0.416 e. The van der Waals surface area contributed by atoms with E-state index in [1.54, 1.807) is 6.07 Å². The minimum Gasteiger partial charge on any atom is -0.454 e. The van der Waals surface area contributed by atoms with Crippen LogP contribution in [0.2, 0.25) is 0 Å². The lowest BCUT2D eigenvalue weighted by atomic mass is 9.99. The molecule has 0 bridgehead atoms. The van der Waals surface area contributed by atoms with Crippen molar-refractivity contribution < 1.29 is 36.6 Å². The van der Waals surface area contributed by atoms with Gasteiger partial charge in [0.15, 0.2) is 11.6 Å². The van der Waals surface area contributed by atoms with Crippen molar-refractivity contribution in [3.63, 3.8) is 0 Å². The molecule has 2 atom stereocenters. The van der Waals surface area contributed by atoms with Gasteiger partial charge in [0, 0.05) is 49.8 Å². The summed E-state index contributed by atoms with van der Waals surface area (Å²) in [5.41, 5.74) is 0.154. The molecule has 42 heavy (non-hydrogen) atoms.